The fraction of sp³-hybridized carbons (Fsp3) is 0.818. The van der Waals surface area contributed by atoms with E-state index in [1.165, 1.54) is 0 Å². The third kappa shape index (κ3) is 4.07. The number of nitrogens with zero attached hydrogens (tertiary/aromatic N) is 1. The van der Waals surface area contributed by atoms with E-state index in [9.17, 15) is 4.79 Å². The lowest BCUT2D eigenvalue weighted by Crippen LogP contribution is -2.44. The van der Waals surface area contributed by atoms with Crippen molar-refractivity contribution in [2.45, 2.75) is 51.4 Å². The maximum absolute atomic E-state index is 11.4. The van der Waals surface area contributed by atoms with Crippen LogP contribution in [-0.4, -0.2) is 30.4 Å². The van der Waals surface area contributed by atoms with Gasteiger partial charge in [-0.1, -0.05) is 0 Å². The fourth-order valence-corrected chi connectivity index (χ4v) is 1.51. The Morgan fingerprint density at radius 3 is 2.75 bits per heavy atom. The number of nitrogens with one attached hydrogen (secondary N) is 1. The second-order valence-electron chi connectivity index (χ2n) is 4.80. The molecule has 0 aliphatic carbocycles. The Morgan fingerprint density at radius 1 is 1.62 bits per heavy atom. The lowest BCUT2D eigenvalue weighted by molar-refractivity contribution is 0.0421. The van der Waals surface area contributed by atoms with Crippen LogP contribution in [0.1, 0.15) is 33.6 Å². The Hall–Kier alpha value is -1.28. The molecule has 1 saturated heterocycles. The minimum atomic E-state index is -0.627. The van der Waals surface area contributed by atoms with E-state index in [2.05, 4.69) is 5.32 Å². The fourth-order valence-electron chi connectivity index (χ4n) is 1.51. The molecule has 16 heavy (non-hydrogen) atoms. The standard InChI is InChI=1S/C11H18N2O3/c1-11(2,3)16-10(14)13-8(7-12)9-5-4-6-15-9/h8-9H,4-6H2,1-3H3,(H,13,14)/t8-,9+/m1/s1. The summed E-state index contributed by atoms with van der Waals surface area (Å²) in [4.78, 5) is 11.4. The molecule has 0 spiro atoms. The molecule has 0 bridgehead atoms. The van der Waals surface area contributed by atoms with Crippen LogP contribution in [-0.2, 0) is 9.47 Å². The maximum Gasteiger partial charge on any atom is 0.408 e. The van der Waals surface area contributed by atoms with Gasteiger partial charge in [-0.3, -0.25) is 0 Å². The zero-order valence-corrected chi connectivity index (χ0v) is 9.95. The summed E-state index contributed by atoms with van der Waals surface area (Å²) in [5, 5.41) is 11.5. The number of hydrogen-bond acceptors (Lipinski definition) is 4. The van der Waals surface area contributed by atoms with Crippen LogP contribution < -0.4 is 5.32 Å². The average molecular weight is 226 g/mol. The van der Waals surface area contributed by atoms with Gasteiger partial charge in [0.1, 0.15) is 11.6 Å². The third-order valence-corrected chi connectivity index (χ3v) is 2.15. The van der Waals surface area contributed by atoms with Gasteiger partial charge in [0.25, 0.3) is 0 Å². The first-order chi connectivity index (χ1) is 7.42. The molecule has 5 nitrogen and oxygen atoms in total. The maximum atomic E-state index is 11.4. The molecule has 2 atom stereocenters. The molecule has 0 radical (unpaired) electrons. The van der Waals surface area contributed by atoms with Crippen molar-refractivity contribution in [3.05, 3.63) is 0 Å². The molecular formula is C11H18N2O3. The van der Waals surface area contributed by atoms with Crippen LogP contribution in [0.4, 0.5) is 4.79 Å². The highest BCUT2D eigenvalue weighted by atomic mass is 16.6. The minimum absolute atomic E-state index is 0.211. The second kappa shape index (κ2) is 5.17. The van der Waals surface area contributed by atoms with Gasteiger partial charge in [-0.15, -0.1) is 0 Å². The Kier molecular flexibility index (Phi) is 4.13. The van der Waals surface area contributed by atoms with Crippen LogP contribution in [0.5, 0.6) is 0 Å². The van der Waals surface area contributed by atoms with E-state index in [0.29, 0.717) is 6.61 Å². The molecule has 1 heterocycles. The van der Waals surface area contributed by atoms with Crippen molar-refractivity contribution >= 4 is 6.09 Å². The third-order valence-electron chi connectivity index (χ3n) is 2.15. The van der Waals surface area contributed by atoms with Crippen LogP contribution in [0.3, 0.4) is 0 Å². The van der Waals surface area contributed by atoms with Crippen LogP contribution in [0, 0.1) is 11.3 Å². The van der Waals surface area contributed by atoms with Gasteiger partial charge in [-0.2, -0.15) is 5.26 Å². The zero-order chi connectivity index (χ0) is 12.2. The van der Waals surface area contributed by atoms with E-state index in [4.69, 9.17) is 14.7 Å². The Labute approximate surface area is 95.7 Å². The normalized spacial score (nSPS) is 22.2. The molecule has 1 fully saturated rings. The van der Waals surface area contributed by atoms with E-state index in [-0.39, 0.29) is 6.10 Å². The monoisotopic (exact) mass is 226 g/mol. The van der Waals surface area contributed by atoms with Gasteiger partial charge in [0, 0.05) is 6.61 Å². The average Bonchev–Trinajstić information content (AvgIpc) is 2.63. The predicted octanol–water partition coefficient (Wildman–Crippen LogP) is 1.58. The molecule has 1 amide bonds. The molecule has 0 aromatic heterocycles. The SMILES string of the molecule is CC(C)(C)OC(=O)N[C@H](C#N)[C@@H]1CCCO1. The van der Waals surface area contributed by atoms with Crippen LogP contribution in [0.15, 0.2) is 0 Å². The number of ether oxygens (including phenoxy) is 2. The number of carbonyl (C=O) groups is 1. The van der Waals surface area contributed by atoms with Gasteiger partial charge < -0.3 is 14.8 Å². The van der Waals surface area contributed by atoms with E-state index < -0.39 is 17.7 Å². The van der Waals surface area contributed by atoms with Crippen molar-refractivity contribution in [3.8, 4) is 6.07 Å². The van der Waals surface area contributed by atoms with Crippen molar-refractivity contribution in [2.24, 2.45) is 0 Å². The molecule has 1 N–H and O–H groups in total. The lowest BCUT2D eigenvalue weighted by atomic mass is 10.1. The highest BCUT2D eigenvalue weighted by Crippen LogP contribution is 2.16. The summed E-state index contributed by atoms with van der Waals surface area (Å²) >= 11 is 0. The Balaban J connectivity index is 2.44. The van der Waals surface area contributed by atoms with Gasteiger partial charge >= 0.3 is 6.09 Å². The molecule has 0 unspecified atom stereocenters. The van der Waals surface area contributed by atoms with E-state index in [1.54, 1.807) is 20.8 Å². The molecule has 1 rings (SSSR count). The summed E-state index contributed by atoms with van der Waals surface area (Å²) in [6, 6.07) is 1.40. The molecular weight excluding hydrogens is 208 g/mol. The smallest absolute Gasteiger partial charge is 0.408 e. The predicted molar refractivity (Wildman–Crippen MR) is 57.7 cm³/mol. The number of alkyl carbamates (subject to hydrolysis) is 1. The topological polar surface area (TPSA) is 71.3 Å². The second-order valence-corrected chi connectivity index (χ2v) is 4.80. The van der Waals surface area contributed by atoms with E-state index in [0.717, 1.165) is 12.8 Å². The van der Waals surface area contributed by atoms with Crippen LogP contribution in [0.2, 0.25) is 0 Å². The number of carbonyl (C=O) groups excluding carboxylic acids is 1. The molecule has 0 saturated carbocycles. The zero-order valence-electron chi connectivity index (χ0n) is 9.95. The number of rotatable bonds is 2. The first-order valence-electron chi connectivity index (χ1n) is 5.43. The first-order valence-corrected chi connectivity index (χ1v) is 5.43. The molecule has 1 aliphatic heterocycles. The van der Waals surface area contributed by atoms with E-state index in [1.807, 2.05) is 6.07 Å². The number of hydrogen-bond donors (Lipinski definition) is 1. The largest absolute Gasteiger partial charge is 0.444 e. The van der Waals surface area contributed by atoms with Crippen molar-refractivity contribution in [1.29, 1.82) is 5.26 Å². The van der Waals surface area contributed by atoms with Gasteiger partial charge in [-0.25, -0.2) is 4.79 Å². The van der Waals surface area contributed by atoms with Gasteiger partial charge in [0.05, 0.1) is 12.2 Å². The van der Waals surface area contributed by atoms with Gasteiger partial charge in [-0.05, 0) is 33.6 Å². The van der Waals surface area contributed by atoms with Gasteiger partial charge in [0.15, 0.2) is 0 Å². The van der Waals surface area contributed by atoms with Gasteiger partial charge in [0.2, 0.25) is 0 Å². The molecule has 1 aliphatic rings. The number of nitriles is 1. The Morgan fingerprint density at radius 2 is 2.31 bits per heavy atom. The molecule has 5 heteroatoms. The van der Waals surface area contributed by atoms with Crippen LogP contribution in [0.25, 0.3) is 0 Å². The summed E-state index contributed by atoms with van der Waals surface area (Å²) in [6.07, 6.45) is 0.944. The van der Waals surface area contributed by atoms with E-state index >= 15 is 0 Å². The minimum Gasteiger partial charge on any atom is -0.444 e. The molecule has 90 valence electrons. The summed E-state index contributed by atoms with van der Waals surface area (Å²) in [6.45, 7) is 5.99. The summed E-state index contributed by atoms with van der Waals surface area (Å²) in [7, 11) is 0. The summed E-state index contributed by atoms with van der Waals surface area (Å²) in [5.74, 6) is 0. The number of amides is 1. The highest BCUT2D eigenvalue weighted by Gasteiger charge is 2.28. The lowest BCUT2D eigenvalue weighted by Gasteiger charge is -2.22. The summed E-state index contributed by atoms with van der Waals surface area (Å²) < 4.78 is 10.4. The molecule has 0 aromatic rings. The first kappa shape index (κ1) is 12.8. The molecule has 0 aromatic carbocycles. The van der Waals surface area contributed by atoms with Crippen molar-refractivity contribution in [3.63, 3.8) is 0 Å². The van der Waals surface area contributed by atoms with Crippen molar-refractivity contribution in [2.75, 3.05) is 6.61 Å². The van der Waals surface area contributed by atoms with Crippen molar-refractivity contribution < 1.29 is 14.3 Å². The quantitative estimate of drug-likeness (QED) is 0.776. The summed E-state index contributed by atoms with van der Waals surface area (Å²) in [5.41, 5.74) is -0.555. The highest BCUT2D eigenvalue weighted by molar-refractivity contribution is 5.68. The van der Waals surface area contributed by atoms with Crippen molar-refractivity contribution in [1.82, 2.24) is 5.32 Å². The van der Waals surface area contributed by atoms with Crippen LogP contribution >= 0.6 is 0 Å². The Bertz CT molecular complexity index is 285.